The quantitative estimate of drug-likeness (QED) is 0.694. The lowest BCUT2D eigenvalue weighted by Crippen LogP contribution is -2.00. The number of hydrogen-bond donors (Lipinski definition) is 0. The zero-order valence-electron chi connectivity index (χ0n) is 9.90. The van der Waals surface area contributed by atoms with Crippen LogP contribution in [-0.4, -0.2) is 30.3 Å². The summed E-state index contributed by atoms with van der Waals surface area (Å²) in [6, 6.07) is 8.80. The van der Waals surface area contributed by atoms with Crippen LogP contribution in [-0.2, 0) is 12.8 Å². The first-order chi connectivity index (χ1) is 7.24. The highest BCUT2D eigenvalue weighted by Gasteiger charge is 2.37. The molecule has 1 aliphatic rings. The molecule has 1 aromatic rings. The second-order valence-corrected chi connectivity index (χ2v) is 4.29. The third kappa shape index (κ3) is 2.21. The van der Waals surface area contributed by atoms with Gasteiger partial charge in [-0.25, -0.2) is 10.0 Å². The first-order valence-corrected chi connectivity index (χ1v) is 5.76. The van der Waals surface area contributed by atoms with Crippen LogP contribution in [0.3, 0.4) is 0 Å². The van der Waals surface area contributed by atoms with Crippen LogP contribution in [0.4, 0.5) is 0 Å². The van der Waals surface area contributed by atoms with E-state index in [9.17, 15) is 0 Å². The van der Waals surface area contributed by atoms with E-state index >= 15 is 0 Å². The maximum absolute atomic E-state index is 2.29. The number of hydrogen-bond acceptors (Lipinski definition) is 2. The molecule has 0 aliphatic carbocycles. The summed E-state index contributed by atoms with van der Waals surface area (Å²) in [6.45, 7) is 2.23. The molecule has 1 fully saturated rings. The molecule has 0 saturated carbocycles. The average Bonchev–Trinajstić information content (AvgIpc) is 2.84. The van der Waals surface area contributed by atoms with Crippen molar-refractivity contribution in [1.29, 1.82) is 0 Å². The van der Waals surface area contributed by atoms with E-state index < -0.39 is 0 Å². The predicted octanol–water partition coefficient (Wildman–Crippen LogP) is 2.30. The Bertz CT molecular complexity index is 327. The monoisotopic (exact) mass is 204 g/mol. The van der Waals surface area contributed by atoms with Crippen molar-refractivity contribution in [3.8, 4) is 0 Å². The molecule has 0 bridgehead atoms. The molecule has 15 heavy (non-hydrogen) atoms. The Morgan fingerprint density at radius 3 is 2.20 bits per heavy atom. The molecule has 1 aromatic carbocycles. The van der Waals surface area contributed by atoms with Gasteiger partial charge in [-0.05, 0) is 30.4 Å². The summed E-state index contributed by atoms with van der Waals surface area (Å²) >= 11 is 0. The molecule has 0 amide bonds. The molecule has 1 heterocycles. The summed E-state index contributed by atoms with van der Waals surface area (Å²) < 4.78 is 0. The van der Waals surface area contributed by atoms with Gasteiger partial charge in [-0.2, -0.15) is 0 Å². The molecule has 0 radical (unpaired) electrons. The van der Waals surface area contributed by atoms with Gasteiger partial charge in [0.05, 0.1) is 6.17 Å². The minimum Gasteiger partial charge on any atom is -0.225 e. The molecular formula is C13H20N2. The van der Waals surface area contributed by atoms with Crippen molar-refractivity contribution in [2.45, 2.75) is 32.4 Å². The standard InChI is InChI=1S/C13H20N2/c1-4-11-7-5-6-8-12(11)9-10-13-14(2)15(13)3/h5-8,13H,4,9-10H2,1-3H3. The van der Waals surface area contributed by atoms with Crippen LogP contribution in [0.1, 0.15) is 24.5 Å². The lowest BCUT2D eigenvalue weighted by atomic mass is 10.0. The predicted molar refractivity (Wildman–Crippen MR) is 63.5 cm³/mol. The van der Waals surface area contributed by atoms with Crippen LogP contribution >= 0.6 is 0 Å². The summed E-state index contributed by atoms with van der Waals surface area (Å²) in [5.41, 5.74) is 3.03. The van der Waals surface area contributed by atoms with Gasteiger partial charge in [0, 0.05) is 14.1 Å². The minimum atomic E-state index is 0.662. The summed E-state index contributed by atoms with van der Waals surface area (Å²) in [7, 11) is 4.30. The molecule has 82 valence electrons. The van der Waals surface area contributed by atoms with Crippen LogP contribution in [0.5, 0.6) is 0 Å². The van der Waals surface area contributed by atoms with Crippen LogP contribution < -0.4 is 0 Å². The molecule has 0 aromatic heterocycles. The highest BCUT2D eigenvalue weighted by molar-refractivity contribution is 5.27. The van der Waals surface area contributed by atoms with Crippen molar-refractivity contribution >= 4 is 0 Å². The van der Waals surface area contributed by atoms with E-state index in [1.54, 1.807) is 0 Å². The van der Waals surface area contributed by atoms with Crippen molar-refractivity contribution < 1.29 is 0 Å². The highest BCUT2D eigenvalue weighted by atomic mass is 15.8. The second kappa shape index (κ2) is 4.33. The maximum Gasteiger partial charge on any atom is 0.0891 e. The third-order valence-corrected chi connectivity index (χ3v) is 3.48. The van der Waals surface area contributed by atoms with Crippen molar-refractivity contribution in [3.63, 3.8) is 0 Å². The summed E-state index contributed by atoms with van der Waals surface area (Å²) in [6.07, 6.45) is 4.25. The summed E-state index contributed by atoms with van der Waals surface area (Å²) in [4.78, 5) is 0. The van der Waals surface area contributed by atoms with E-state index in [4.69, 9.17) is 0 Å². The van der Waals surface area contributed by atoms with Gasteiger partial charge in [0.2, 0.25) is 0 Å². The van der Waals surface area contributed by atoms with E-state index in [0.717, 1.165) is 6.42 Å². The zero-order chi connectivity index (χ0) is 10.8. The SMILES string of the molecule is CCc1ccccc1CCC1N(C)N1C. The Labute approximate surface area is 92.5 Å². The summed E-state index contributed by atoms with van der Waals surface area (Å²) in [5, 5.41) is 4.57. The van der Waals surface area contributed by atoms with Crippen molar-refractivity contribution in [2.75, 3.05) is 14.1 Å². The van der Waals surface area contributed by atoms with E-state index in [0.29, 0.717) is 6.17 Å². The lowest BCUT2D eigenvalue weighted by Gasteiger charge is -2.06. The Hall–Kier alpha value is -0.860. The largest absolute Gasteiger partial charge is 0.225 e. The van der Waals surface area contributed by atoms with Gasteiger partial charge in [-0.15, -0.1) is 0 Å². The van der Waals surface area contributed by atoms with Crippen LogP contribution in [0.25, 0.3) is 0 Å². The van der Waals surface area contributed by atoms with Crippen LogP contribution in [0, 0.1) is 0 Å². The summed E-state index contributed by atoms with van der Waals surface area (Å²) in [5.74, 6) is 0. The molecule has 2 unspecified atom stereocenters. The first kappa shape index (κ1) is 10.7. The molecule has 0 N–H and O–H groups in total. The van der Waals surface area contributed by atoms with Gasteiger partial charge < -0.3 is 0 Å². The van der Waals surface area contributed by atoms with Crippen molar-refractivity contribution in [2.24, 2.45) is 0 Å². The van der Waals surface area contributed by atoms with E-state index in [1.165, 1.54) is 24.0 Å². The molecule has 1 aliphatic heterocycles. The average molecular weight is 204 g/mol. The highest BCUT2D eigenvalue weighted by Crippen LogP contribution is 2.25. The van der Waals surface area contributed by atoms with Gasteiger partial charge in [-0.1, -0.05) is 31.2 Å². The topological polar surface area (TPSA) is 6.02 Å². The Kier molecular flexibility index (Phi) is 3.08. The number of benzene rings is 1. The van der Waals surface area contributed by atoms with Gasteiger partial charge in [0.1, 0.15) is 0 Å². The van der Waals surface area contributed by atoms with Gasteiger partial charge >= 0.3 is 0 Å². The number of hydrazine groups is 1. The van der Waals surface area contributed by atoms with Crippen LogP contribution in [0.2, 0.25) is 0 Å². The van der Waals surface area contributed by atoms with Crippen molar-refractivity contribution in [3.05, 3.63) is 35.4 Å². The number of nitrogens with zero attached hydrogens (tertiary/aromatic N) is 2. The Morgan fingerprint density at radius 1 is 1.07 bits per heavy atom. The van der Waals surface area contributed by atoms with E-state index in [2.05, 4.69) is 55.3 Å². The zero-order valence-corrected chi connectivity index (χ0v) is 9.90. The molecule has 2 rings (SSSR count). The third-order valence-electron chi connectivity index (χ3n) is 3.48. The van der Waals surface area contributed by atoms with Crippen molar-refractivity contribution in [1.82, 2.24) is 10.0 Å². The second-order valence-electron chi connectivity index (χ2n) is 4.29. The minimum absolute atomic E-state index is 0.662. The molecule has 2 heteroatoms. The van der Waals surface area contributed by atoms with Crippen LogP contribution in [0.15, 0.2) is 24.3 Å². The maximum atomic E-state index is 2.29. The van der Waals surface area contributed by atoms with Gasteiger partial charge in [-0.3, -0.25) is 0 Å². The smallest absolute Gasteiger partial charge is 0.0891 e. The fraction of sp³-hybridized carbons (Fsp3) is 0.538. The molecule has 0 spiro atoms. The first-order valence-electron chi connectivity index (χ1n) is 5.76. The number of aryl methyl sites for hydroxylation is 2. The molecular weight excluding hydrogens is 184 g/mol. The lowest BCUT2D eigenvalue weighted by molar-refractivity contribution is 0.412. The Balaban J connectivity index is 1.93. The fourth-order valence-electron chi connectivity index (χ4n) is 2.23. The normalized spacial score (nSPS) is 29.1. The molecule has 2 atom stereocenters. The molecule has 2 nitrogen and oxygen atoms in total. The number of rotatable bonds is 4. The van der Waals surface area contributed by atoms with E-state index in [1.807, 2.05) is 0 Å². The fourth-order valence-corrected chi connectivity index (χ4v) is 2.23. The van der Waals surface area contributed by atoms with E-state index in [-0.39, 0.29) is 0 Å². The Morgan fingerprint density at radius 2 is 1.67 bits per heavy atom. The molecule has 1 saturated heterocycles. The van der Waals surface area contributed by atoms with Gasteiger partial charge in [0.25, 0.3) is 0 Å². The van der Waals surface area contributed by atoms with Gasteiger partial charge in [0.15, 0.2) is 0 Å².